The highest BCUT2D eigenvalue weighted by Crippen LogP contribution is 2.25. The third-order valence-corrected chi connectivity index (χ3v) is 2.79. The van der Waals surface area contributed by atoms with E-state index in [1.54, 1.807) is 0 Å². The number of benzene rings is 1. The van der Waals surface area contributed by atoms with Crippen LogP contribution in [0.1, 0.15) is 25.0 Å². The van der Waals surface area contributed by atoms with Crippen molar-refractivity contribution in [1.29, 1.82) is 0 Å². The van der Waals surface area contributed by atoms with Gasteiger partial charge in [0.2, 0.25) is 0 Å². The van der Waals surface area contributed by atoms with Crippen molar-refractivity contribution in [3.05, 3.63) is 29.3 Å². The molecule has 0 bridgehead atoms. The molecule has 1 unspecified atom stereocenters. The van der Waals surface area contributed by atoms with Gasteiger partial charge in [-0.05, 0) is 36.0 Å². The van der Waals surface area contributed by atoms with Crippen LogP contribution in [0, 0.1) is 5.92 Å². The zero-order chi connectivity index (χ0) is 9.26. The molecule has 1 aliphatic heterocycles. The first-order valence-corrected chi connectivity index (χ1v) is 5.15. The maximum atomic E-state index is 3.49. The Bertz CT molecular complexity index is 304. The van der Waals surface area contributed by atoms with Crippen LogP contribution in [0.3, 0.4) is 0 Å². The molecular formula is C12H17N. The number of hydrogen-bond acceptors (Lipinski definition) is 1. The van der Waals surface area contributed by atoms with Gasteiger partial charge in [-0.2, -0.15) is 0 Å². The number of aryl methyl sites for hydroxylation is 1. The molecule has 1 atom stereocenters. The van der Waals surface area contributed by atoms with E-state index in [4.69, 9.17) is 0 Å². The van der Waals surface area contributed by atoms with Gasteiger partial charge in [-0.3, -0.25) is 0 Å². The number of rotatable bonds is 1. The zero-order valence-corrected chi connectivity index (χ0v) is 8.43. The highest BCUT2D eigenvalue weighted by atomic mass is 14.9. The van der Waals surface area contributed by atoms with Crippen molar-refractivity contribution in [3.63, 3.8) is 0 Å². The highest BCUT2D eigenvalue weighted by Gasteiger charge is 2.13. The van der Waals surface area contributed by atoms with Crippen LogP contribution >= 0.6 is 0 Å². The van der Waals surface area contributed by atoms with Crippen LogP contribution in [0.25, 0.3) is 0 Å². The number of anilines is 1. The first-order valence-electron chi connectivity index (χ1n) is 5.15. The van der Waals surface area contributed by atoms with Crippen LogP contribution in [0.4, 0.5) is 5.69 Å². The third-order valence-electron chi connectivity index (χ3n) is 2.79. The van der Waals surface area contributed by atoms with Crippen molar-refractivity contribution >= 4 is 5.69 Å². The summed E-state index contributed by atoms with van der Waals surface area (Å²) >= 11 is 0. The standard InChI is InChI=1S/C12H17N/c1-3-10-4-5-11-6-9(2)8-13-12(11)7-10/h4-5,7,9,13H,3,6,8H2,1-2H3. The summed E-state index contributed by atoms with van der Waals surface area (Å²) in [5.41, 5.74) is 4.27. The molecule has 0 amide bonds. The van der Waals surface area contributed by atoms with Crippen molar-refractivity contribution in [2.45, 2.75) is 26.7 Å². The van der Waals surface area contributed by atoms with E-state index in [2.05, 4.69) is 37.4 Å². The Labute approximate surface area is 80.2 Å². The summed E-state index contributed by atoms with van der Waals surface area (Å²) in [4.78, 5) is 0. The van der Waals surface area contributed by atoms with E-state index in [-0.39, 0.29) is 0 Å². The number of hydrogen-bond donors (Lipinski definition) is 1. The molecule has 1 aliphatic rings. The fraction of sp³-hybridized carbons (Fsp3) is 0.500. The quantitative estimate of drug-likeness (QED) is 0.692. The fourth-order valence-corrected chi connectivity index (χ4v) is 1.92. The molecule has 2 rings (SSSR count). The smallest absolute Gasteiger partial charge is 0.0375 e. The largest absolute Gasteiger partial charge is 0.385 e. The van der Waals surface area contributed by atoms with E-state index in [0.717, 1.165) is 18.9 Å². The third kappa shape index (κ3) is 1.69. The monoisotopic (exact) mass is 175 g/mol. The van der Waals surface area contributed by atoms with Crippen LogP contribution < -0.4 is 5.32 Å². The van der Waals surface area contributed by atoms with E-state index in [1.807, 2.05) is 0 Å². The SMILES string of the molecule is CCc1ccc2c(c1)NCC(C)C2. The molecule has 70 valence electrons. The topological polar surface area (TPSA) is 12.0 Å². The van der Waals surface area contributed by atoms with Crippen LogP contribution in [-0.2, 0) is 12.8 Å². The van der Waals surface area contributed by atoms with Crippen LogP contribution in [0.5, 0.6) is 0 Å². The van der Waals surface area contributed by atoms with Gasteiger partial charge >= 0.3 is 0 Å². The van der Waals surface area contributed by atoms with Gasteiger partial charge in [0.15, 0.2) is 0 Å². The Morgan fingerprint density at radius 1 is 1.46 bits per heavy atom. The maximum Gasteiger partial charge on any atom is 0.0375 e. The van der Waals surface area contributed by atoms with Crippen molar-refractivity contribution in [3.8, 4) is 0 Å². The van der Waals surface area contributed by atoms with Gasteiger partial charge in [0.05, 0.1) is 0 Å². The molecule has 13 heavy (non-hydrogen) atoms. The molecule has 1 aromatic carbocycles. The summed E-state index contributed by atoms with van der Waals surface area (Å²) in [7, 11) is 0. The highest BCUT2D eigenvalue weighted by molar-refractivity contribution is 5.55. The predicted molar refractivity (Wildman–Crippen MR) is 57.2 cm³/mol. The number of fused-ring (bicyclic) bond motifs is 1. The van der Waals surface area contributed by atoms with E-state index < -0.39 is 0 Å². The minimum absolute atomic E-state index is 0.778. The minimum atomic E-state index is 0.778. The zero-order valence-electron chi connectivity index (χ0n) is 8.43. The van der Waals surface area contributed by atoms with Gasteiger partial charge < -0.3 is 5.32 Å². The normalized spacial score (nSPS) is 20.6. The van der Waals surface area contributed by atoms with E-state index in [0.29, 0.717) is 0 Å². The van der Waals surface area contributed by atoms with Gasteiger partial charge in [0.25, 0.3) is 0 Å². The van der Waals surface area contributed by atoms with Crippen LogP contribution in [0.2, 0.25) is 0 Å². The molecular weight excluding hydrogens is 158 g/mol. The van der Waals surface area contributed by atoms with Crippen molar-refractivity contribution < 1.29 is 0 Å². The molecule has 1 aromatic rings. The summed E-state index contributed by atoms with van der Waals surface area (Å²) in [5.74, 6) is 0.778. The lowest BCUT2D eigenvalue weighted by atomic mass is 9.94. The molecule has 0 aromatic heterocycles. The van der Waals surface area contributed by atoms with Gasteiger partial charge in [-0.15, -0.1) is 0 Å². The van der Waals surface area contributed by atoms with Crippen LogP contribution in [0.15, 0.2) is 18.2 Å². The molecule has 0 saturated heterocycles. The van der Waals surface area contributed by atoms with Crippen molar-refractivity contribution in [1.82, 2.24) is 0 Å². The lowest BCUT2D eigenvalue weighted by molar-refractivity contribution is 0.594. The Balaban J connectivity index is 2.31. The Morgan fingerprint density at radius 2 is 2.31 bits per heavy atom. The molecule has 1 nitrogen and oxygen atoms in total. The average Bonchev–Trinajstić information content (AvgIpc) is 2.17. The summed E-state index contributed by atoms with van der Waals surface area (Å²) < 4.78 is 0. The molecule has 1 heterocycles. The Hall–Kier alpha value is -0.980. The Kier molecular flexibility index (Phi) is 2.26. The van der Waals surface area contributed by atoms with Gasteiger partial charge in [-0.1, -0.05) is 26.0 Å². The van der Waals surface area contributed by atoms with Crippen molar-refractivity contribution in [2.75, 3.05) is 11.9 Å². The second-order valence-electron chi connectivity index (χ2n) is 4.04. The van der Waals surface area contributed by atoms with Crippen LogP contribution in [-0.4, -0.2) is 6.54 Å². The van der Waals surface area contributed by atoms with Crippen molar-refractivity contribution in [2.24, 2.45) is 5.92 Å². The summed E-state index contributed by atoms with van der Waals surface area (Å²) in [6.45, 7) is 5.62. The molecule has 0 radical (unpaired) electrons. The minimum Gasteiger partial charge on any atom is -0.385 e. The number of nitrogens with one attached hydrogen (secondary N) is 1. The maximum absolute atomic E-state index is 3.49. The molecule has 0 spiro atoms. The molecule has 1 N–H and O–H groups in total. The average molecular weight is 175 g/mol. The summed E-state index contributed by atoms with van der Waals surface area (Å²) in [6, 6.07) is 6.82. The van der Waals surface area contributed by atoms with Gasteiger partial charge in [-0.25, -0.2) is 0 Å². The van der Waals surface area contributed by atoms with Gasteiger partial charge in [0.1, 0.15) is 0 Å². The lowest BCUT2D eigenvalue weighted by Gasteiger charge is -2.23. The fourth-order valence-electron chi connectivity index (χ4n) is 1.92. The Morgan fingerprint density at radius 3 is 3.08 bits per heavy atom. The molecule has 1 heteroatoms. The lowest BCUT2D eigenvalue weighted by Crippen LogP contribution is -2.20. The first-order chi connectivity index (χ1) is 6.29. The molecule has 0 aliphatic carbocycles. The van der Waals surface area contributed by atoms with E-state index in [9.17, 15) is 0 Å². The molecule has 0 saturated carbocycles. The second kappa shape index (κ2) is 3.41. The second-order valence-corrected chi connectivity index (χ2v) is 4.04. The summed E-state index contributed by atoms with van der Waals surface area (Å²) in [6.07, 6.45) is 2.36. The van der Waals surface area contributed by atoms with E-state index in [1.165, 1.54) is 23.2 Å². The molecule has 0 fully saturated rings. The summed E-state index contributed by atoms with van der Waals surface area (Å²) in [5, 5.41) is 3.49. The van der Waals surface area contributed by atoms with Gasteiger partial charge in [0, 0.05) is 12.2 Å². The first kappa shape index (κ1) is 8.61. The van der Waals surface area contributed by atoms with E-state index >= 15 is 0 Å². The predicted octanol–water partition coefficient (Wildman–Crippen LogP) is 2.85.